The number of halogens is 2. The summed E-state index contributed by atoms with van der Waals surface area (Å²) in [7, 11) is 0. The molecule has 3 rings (SSSR count). The van der Waals surface area contributed by atoms with Crippen LogP contribution >= 0.6 is 0 Å². The number of aryl methyl sites for hydroxylation is 1. The molecule has 0 saturated heterocycles. The van der Waals surface area contributed by atoms with Crippen molar-refractivity contribution in [1.29, 1.82) is 0 Å². The summed E-state index contributed by atoms with van der Waals surface area (Å²) in [5.74, 6) is 0.588. The zero-order valence-corrected chi connectivity index (χ0v) is 18.4. The van der Waals surface area contributed by atoms with E-state index in [9.17, 15) is 0 Å². The van der Waals surface area contributed by atoms with Crippen molar-refractivity contribution in [3.8, 4) is 11.1 Å². The van der Waals surface area contributed by atoms with Gasteiger partial charge in [0, 0.05) is 0 Å². The first-order valence-corrected chi connectivity index (χ1v) is 7.97. The Labute approximate surface area is 177 Å². The second kappa shape index (κ2) is 10.5. The van der Waals surface area contributed by atoms with Crippen molar-refractivity contribution in [2.75, 3.05) is 0 Å². The van der Waals surface area contributed by atoms with Crippen molar-refractivity contribution in [3.63, 3.8) is 0 Å². The van der Waals surface area contributed by atoms with Crippen molar-refractivity contribution < 1.29 is 51.0 Å². The van der Waals surface area contributed by atoms with Gasteiger partial charge in [0.05, 0.1) is 0 Å². The van der Waals surface area contributed by atoms with Crippen LogP contribution in [0.15, 0.2) is 54.6 Å². The maximum atomic E-state index is 2.37. The van der Waals surface area contributed by atoms with E-state index in [-0.39, 0.29) is 51.0 Å². The molecule has 0 unspecified atom stereocenters. The zero-order chi connectivity index (χ0) is 14.8. The first-order chi connectivity index (χ1) is 10.2. The molecular formula is C21H23Cl2Zr. The minimum atomic E-state index is 0. The molecule has 0 spiro atoms. The van der Waals surface area contributed by atoms with Crippen LogP contribution in [0.1, 0.15) is 44.2 Å². The molecule has 24 heavy (non-hydrogen) atoms. The SMILES string of the molecule is CCCc1cc2c(-c3ccc(C(C)C)cc3)cccc2[cH-]1.[Cl-].[Cl-].[Zr+3]. The minimum Gasteiger partial charge on any atom is -1.00 e. The summed E-state index contributed by atoms with van der Waals surface area (Å²) >= 11 is 0. The average Bonchev–Trinajstić information content (AvgIpc) is 2.90. The number of hydrogen-bond donors (Lipinski definition) is 0. The Morgan fingerprint density at radius 3 is 2.21 bits per heavy atom. The zero-order valence-electron chi connectivity index (χ0n) is 14.4. The van der Waals surface area contributed by atoms with E-state index in [0.717, 1.165) is 0 Å². The number of benzene rings is 2. The summed E-state index contributed by atoms with van der Waals surface area (Å²) in [6, 6.07) is 20.4. The Morgan fingerprint density at radius 1 is 0.958 bits per heavy atom. The van der Waals surface area contributed by atoms with E-state index in [1.165, 1.54) is 45.9 Å². The van der Waals surface area contributed by atoms with Gasteiger partial charge < -0.3 is 24.8 Å². The summed E-state index contributed by atoms with van der Waals surface area (Å²) in [6.45, 7) is 6.72. The van der Waals surface area contributed by atoms with Gasteiger partial charge in [-0.25, -0.2) is 0 Å². The molecule has 0 nitrogen and oxygen atoms in total. The molecule has 0 aromatic heterocycles. The molecule has 0 aliphatic heterocycles. The van der Waals surface area contributed by atoms with Crippen LogP contribution < -0.4 is 24.8 Å². The van der Waals surface area contributed by atoms with Crippen molar-refractivity contribution in [1.82, 2.24) is 0 Å². The fraction of sp³-hybridized carbons (Fsp3) is 0.286. The molecule has 0 aliphatic carbocycles. The number of fused-ring (bicyclic) bond motifs is 1. The Balaban J connectivity index is 0.00000176. The van der Waals surface area contributed by atoms with Crippen molar-refractivity contribution in [3.05, 3.63) is 65.7 Å². The van der Waals surface area contributed by atoms with E-state index >= 15 is 0 Å². The van der Waals surface area contributed by atoms with Crippen LogP contribution in [-0.2, 0) is 32.6 Å². The Hall–Kier alpha value is -0.487. The van der Waals surface area contributed by atoms with E-state index in [4.69, 9.17) is 0 Å². The number of hydrogen-bond acceptors (Lipinski definition) is 0. The summed E-state index contributed by atoms with van der Waals surface area (Å²) in [5.41, 5.74) is 5.53. The molecule has 125 valence electrons. The third kappa shape index (κ3) is 5.01. The summed E-state index contributed by atoms with van der Waals surface area (Å²) in [5, 5.41) is 2.75. The van der Waals surface area contributed by atoms with Gasteiger partial charge in [-0.2, -0.15) is 6.07 Å². The molecular weight excluding hydrogens is 414 g/mol. The predicted octanol–water partition coefficient (Wildman–Crippen LogP) is 0.307. The van der Waals surface area contributed by atoms with Crippen molar-refractivity contribution in [2.24, 2.45) is 0 Å². The molecule has 0 saturated carbocycles. The molecule has 3 aromatic carbocycles. The standard InChI is InChI=1S/C21H23.2ClH.Zr/c1-4-6-16-13-19-7-5-8-20(21(19)14-16)18-11-9-17(10-12-18)15(2)3;;;/h5,7-15H,4,6H2,1-3H3;2*1H;/q-1;;;+3/p-2. The van der Waals surface area contributed by atoms with Gasteiger partial charge in [0.25, 0.3) is 0 Å². The molecule has 3 heteroatoms. The molecule has 3 aromatic rings. The molecule has 1 radical (unpaired) electrons. The topological polar surface area (TPSA) is 0 Å². The van der Waals surface area contributed by atoms with Crippen molar-refractivity contribution >= 4 is 10.8 Å². The van der Waals surface area contributed by atoms with Crippen molar-refractivity contribution in [2.45, 2.75) is 39.5 Å². The van der Waals surface area contributed by atoms with Gasteiger partial charge in [-0.15, -0.1) is 34.5 Å². The number of rotatable bonds is 4. The molecule has 0 bridgehead atoms. The molecule has 0 atom stereocenters. The van der Waals surface area contributed by atoms with E-state index in [0.29, 0.717) is 5.92 Å². The normalized spacial score (nSPS) is 10.0. The fourth-order valence-corrected chi connectivity index (χ4v) is 3.03. The average molecular weight is 438 g/mol. The Bertz CT molecular complexity index is 742. The molecule has 0 N–H and O–H groups in total. The van der Waals surface area contributed by atoms with Crippen LogP contribution in [0.25, 0.3) is 21.9 Å². The largest absolute Gasteiger partial charge is 3.00 e. The van der Waals surface area contributed by atoms with Crippen LogP contribution in [0.3, 0.4) is 0 Å². The summed E-state index contributed by atoms with van der Waals surface area (Å²) in [4.78, 5) is 0. The van der Waals surface area contributed by atoms with Crippen LogP contribution in [-0.4, -0.2) is 0 Å². The minimum absolute atomic E-state index is 0. The maximum absolute atomic E-state index is 2.37. The summed E-state index contributed by atoms with van der Waals surface area (Å²) < 4.78 is 0. The van der Waals surface area contributed by atoms with Gasteiger partial charge in [-0.3, -0.25) is 0 Å². The molecule has 0 fully saturated rings. The van der Waals surface area contributed by atoms with Gasteiger partial charge in [0.2, 0.25) is 0 Å². The third-order valence-corrected chi connectivity index (χ3v) is 4.24. The first kappa shape index (κ1) is 23.5. The molecule has 0 heterocycles. The van der Waals surface area contributed by atoms with Crippen LogP contribution in [0.2, 0.25) is 0 Å². The summed E-state index contributed by atoms with van der Waals surface area (Å²) in [6.07, 6.45) is 2.37. The van der Waals surface area contributed by atoms with Gasteiger partial charge >= 0.3 is 26.2 Å². The van der Waals surface area contributed by atoms with Crippen LogP contribution in [0.5, 0.6) is 0 Å². The van der Waals surface area contributed by atoms with Gasteiger partial charge in [0.15, 0.2) is 0 Å². The van der Waals surface area contributed by atoms with Gasteiger partial charge in [-0.1, -0.05) is 63.1 Å². The Morgan fingerprint density at radius 2 is 1.62 bits per heavy atom. The van der Waals surface area contributed by atoms with E-state index in [1.807, 2.05) is 0 Å². The van der Waals surface area contributed by atoms with E-state index in [2.05, 4.69) is 75.4 Å². The quantitative estimate of drug-likeness (QED) is 0.516. The molecule has 0 amide bonds. The maximum Gasteiger partial charge on any atom is 3.00 e. The molecule has 0 aliphatic rings. The van der Waals surface area contributed by atoms with E-state index < -0.39 is 0 Å². The smallest absolute Gasteiger partial charge is 1.00 e. The van der Waals surface area contributed by atoms with Crippen LogP contribution in [0, 0.1) is 0 Å². The monoisotopic (exact) mass is 435 g/mol. The first-order valence-electron chi connectivity index (χ1n) is 7.97. The van der Waals surface area contributed by atoms with Gasteiger partial charge in [0.1, 0.15) is 0 Å². The Kier molecular flexibility index (Phi) is 10.3. The van der Waals surface area contributed by atoms with Crippen LogP contribution in [0.4, 0.5) is 0 Å². The fourth-order valence-electron chi connectivity index (χ4n) is 3.03. The van der Waals surface area contributed by atoms with E-state index in [1.54, 1.807) is 0 Å². The predicted molar refractivity (Wildman–Crippen MR) is 93.1 cm³/mol. The van der Waals surface area contributed by atoms with Gasteiger partial charge in [-0.05, 0) is 23.5 Å². The third-order valence-electron chi connectivity index (χ3n) is 4.24. The second-order valence-corrected chi connectivity index (χ2v) is 6.20. The second-order valence-electron chi connectivity index (χ2n) is 6.20.